The largest absolute Gasteiger partial charge is 0.391 e. The molecular formula is C15H23NO. The molecule has 1 fully saturated rings. The average Bonchev–Trinajstić information content (AvgIpc) is 2.63. The lowest BCUT2D eigenvalue weighted by molar-refractivity contribution is 0.198. The molecule has 2 rings (SSSR count). The van der Waals surface area contributed by atoms with Gasteiger partial charge in [0.2, 0.25) is 0 Å². The molecule has 1 unspecified atom stereocenters. The fraction of sp³-hybridized carbons (Fsp3) is 0.600. The molecule has 0 radical (unpaired) electrons. The highest BCUT2D eigenvalue weighted by molar-refractivity contribution is 5.49. The van der Waals surface area contributed by atoms with Crippen LogP contribution in [0, 0.1) is 5.41 Å². The first kappa shape index (κ1) is 12.4. The van der Waals surface area contributed by atoms with Crippen molar-refractivity contribution >= 4 is 5.69 Å². The van der Waals surface area contributed by atoms with Crippen LogP contribution in [-0.4, -0.2) is 24.3 Å². The van der Waals surface area contributed by atoms with Gasteiger partial charge in [0, 0.05) is 18.8 Å². The van der Waals surface area contributed by atoms with Crippen molar-refractivity contribution in [2.75, 3.05) is 18.0 Å². The molecule has 0 bridgehead atoms. The summed E-state index contributed by atoms with van der Waals surface area (Å²) in [6.07, 6.45) is 1.84. The molecule has 1 atom stereocenters. The second-order valence-electron chi connectivity index (χ2n) is 6.30. The summed E-state index contributed by atoms with van der Waals surface area (Å²) in [4.78, 5) is 2.27. The van der Waals surface area contributed by atoms with Gasteiger partial charge in [-0.05, 0) is 36.0 Å². The molecule has 17 heavy (non-hydrogen) atoms. The Labute approximate surface area is 104 Å². The van der Waals surface area contributed by atoms with Gasteiger partial charge in [0.05, 0.1) is 6.10 Å². The van der Waals surface area contributed by atoms with Crippen molar-refractivity contribution < 1.29 is 5.11 Å². The molecular weight excluding hydrogens is 210 g/mol. The van der Waals surface area contributed by atoms with Crippen molar-refractivity contribution in [3.05, 3.63) is 29.8 Å². The Bertz CT molecular complexity index is 381. The van der Waals surface area contributed by atoms with E-state index in [0.29, 0.717) is 5.41 Å². The molecule has 1 heterocycles. The quantitative estimate of drug-likeness (QED) is 0.849. The first-order valence-electron chi connectivity index (χ1n) is 6.46. The fourth-order valence-electron chi connectivity index (χ4n) is 2.45. The highest BCUT2D eigenvalue weighted by atomic mass is 16.3. The summed E-state index contributed by atoms with van der Waals surface area (Å²) in [5.41, 5.74) is 2.96. The van der Waals surface area contributed by atoms with Crippen LogP contribution in [0.2, 0.25) is 0 Å². The maximum absolute atomic E-state index is 9.57. The molecule has 1 N–H and O–H groups in total. The van der Waals surface area contributed by atoms with Gasteiger partial charge in [0.15, 0.2) is 0 Å². The van der Waals surface area contributed by atoms with E-state index in [-0.39, 0.29) is 6.10 Å². The predicted octanol–water partition coefficient (Wildman–Crippen LogP) is 2.85. The Morgan fingerprint density at radius 1 is 1.35 bits per heavy atom. The Morgan fingerprint density at radius 3 is 2.71 bits per heavy atom. The van der Waals surface area contributed by atoms with E-state index in [9.17, 15) is 5.11 Å². The first-order valence-corrected chi connectivity index (χ1v) is 6.46. The molecule has 1 aliphatic rings. The van der Waals surface area contributed by atoms with Crippen LogP contribution in [0.15, 0.2) is 24.3 Å². The van der Waals surface area contributed by atoms with Crippen molar-refractivity contribution in [1.82, 2.24) is 0 Å². The van der Waals surface area contributed by atoms with Gasteiger partial charge in [-0.2, -0.15) is 0 Å². The molecule has 0 aliphatic carbocycles. The van der Waals surface area contributed by atoms with Crippen LogP contribution in [0.25, 0.3) is 0 Å². The zero-order chi connectivity index (χ0) is 12.5. The van der Waals surface area contributed by atoms with Crippen LogP contribution in [0.1, 0.15) is 32.8 Å². The normalized spacial score (nSPS) is 20.9. The molecule has 2 nitrogen and oxygen atoms in total. The van der Waals surface area contributed by atoms with Gasteiger partial charge in [-0.15, -0.1) is 0 Å². The van der Waals surface area contributed by atoms with Gasteiger partial charge in [0.1, 0.15) is 0 Å². The van der Waals surface area contributed by atoms with Crippen LogP contribution in [0.5, 0.6) is 0 Å². The topological polar surface area (TPSA) is 23.5 Å². The number of anilines is 1. The standard InChI is InChI=1S/C15H23NO/c1-15(2,3)10-12-5-4-6-13(9-12)16-8-7-14(17)11-16/h4-6,9,14,17H,7-8,10-11H2,1-3H3. The van der Waals surface area contributed by atoms with Gasteiger partial charge in [-0.3, -0.25) is 0 Å². The Balaban J connectivity index is 2.11. The number of β-amino-alcohol motifs (C(OH)–C–C–N with tert-alkyl or cyclic N) is 1. The van der Waals surface area contributed by atoms with Crippen molar-refractivity contribution in [2.45, 2.75) is 39.7 Å². The predicted molar refractivity (Wildman–Crippen MR) is 72.4 cm³/mol. The summed E-state index contributed by atoms with van der Waals surface area (Å²) in [5.74, 6) is 0. The number of nitrogens with zero attached hydrogens (tertiary/aromatic N) is 1. The minimum atomic E-state index is -0.152. The molecule has 1 aliphatic heterocycles. The number of hydrogen-bond acceptors (Lipinski definition) is 2. The Hall–Kier alpha value is -1.02. The number of hydrogen-bond donors (Lipinski definition) is 1. The second-order valence-corrected chi connectivity index (χ2v) is 6.30. The molecule has 1 aromatic rings. The molecule has 0 amide bonds. The lowest BCUT2D eigenvalue weighted by Gasteiger charge is -2.21. The maximum Gasteiger partial charge on any atom is 0.0731 e. The molecule has 1 saturated heterocycles. The van der Waals surface area contributed by atoms with Crippen molar-refractivity contribution in [3.8, 4) is 0 Å². The molecule has 0 spiro atoms. The zero-order valence-corrected chi connectivity index (χ0v) is 11.1. The highest BCUT2D eigenvalue weighted by Crippen LogP contribution is 2.25. The maximum atomic E-state index is 9.57. The second kappa shape index (κ2) is 4.69. The fourth-order valence-corrected chi connectivity index (χ4v) is 2.45. The molecule has 2 heteroatoms. The number of aliphatic hydroxyl groups excluding tert-OH is 1. The van der Waals surface area contributed by atoms with Gasteiger partial charge in [-0.1, -0.05) is 32.9 Å². The van der Waals surface area contributed by atoms with Crippen molar-refractivity contribution in [3.63, 3.8) is 0 Å². The molecule has 1 aromatic carbocycles. The van der Waals surface area contributed by atoms with Crippen LogP contribution >= 0.6 is 0 Å². The monoisotopic (exact) mass is 233 g/mol. The van der Waals surface area contributed by atoms with Gasteiger partial charge in [-0.25, -0.2) is 0 Å². The summed E-state index contributed by atoms with van der Waals surface area (Å²) >= 11 is 0. The summed E-state index contributed by atoms with van der Waals surface area (Å²) in [7, 11) is 0. The Morgan fingerprint density at radius 2 is 2.12 bits per heavy atom. The Kier molecular flexibility index (Phi) is 3.43. The van der Waals surface area contributed by atoms with E-state index in [0.717, 1.165) is 25.9 Å². The third-order valence-electron chi connectivity index (χ3n) is 3.17. The van der Waals surface area contributed by atoms with E-state index in [1.807, 2.05) is 0 Å². The average molecular weight is 233 g/mol. The number of aliphatic hydroxyl groups is 1. The van der Waals surface area contributed by atoms with E-state index in [4.69, 9.17) is 0 Å². The van der Waals surface area contributed by atoms with Crippen molar-refractivity contribution in [1.29, 1.82) is 0 Å². The molecule has 0 saturated carbocycles. The summed E-state index contributed by atoms with van der Waals surface area (Å²) in [5, 5.41) is 9.57. The van der Waals surface area contributed by atoms with E-state index in [1.165, 1.54) is 11.3 Å². The summed E-state index contributed by atoms with van der Waals surface area (Å²) < 4.78 is 0. The first-order chi connectivity index (χ1) is 7.94. The lowest BCUT2D eigenvalue weighted by atomic mass is 9.88. The smallest absolute Gasteiger partial charge is 0.0731 e. The number of rotatable bonds is 2. The minimum absolute atomic E-state index is 0.152. The van der Waals surface area contributed by atoms with Gasteiger partial charge in [0.25, 0.3) is 0 Å². The molecule has 0 aromatic heterocycles. The lowest BCUT2D eigenvalue weighted by Crippen LogP contribution is -2.21. The van der Waals surface area contributed by atoms with E-state index in [1.54, 1.807) is 0 Å². The minimum Gasteiger partial charge on any atom is -0.391 e. The van der Waals surface area contributed by atoms with Crippen LogP contribution in [-0.2, 0) is 6.42 Å². The van der Waals surface area contributed by atoms with E-state index < -0.39 is 0 Å². The van der Waals surface area contributed by atoms with E-state index in [2.05, 4.69) is 49.9 Å². The van der Waals surface area contributed by atoms with E-state index >= 15 is 0 Å². The third kappa shape index (κ3) is 3.47. The summed E-state index contributed by atoms with van der Waals surface area (Å²) in [6.45, 7) is 8.54. The van der Waals surface area contributed by atoms with Crippen LogP contribution in [0.3, 0.4) is 0 Å². The summed E-state index contributed by atoms with van der Waals surface area (Å²) in [6, 6.07) is 8.73. The van der Waals surface area contributed by atoms with Crippen LogP contribution in [0.4, 0.5) is 5.69 Å². The van der Waals surface area contributed by atoms with Crippen LogP contribution < -0.4 is 4.90 Å². The van der Waals surface area contributed by atoms with Gasteiger partial charge < -0.3 is 10.0 Å². The third-order valence-corrected chi connectivity index (χ3v) is 3.17. The number of benzene rings is 1. The van der Waals surface area contributed by atoms with Gasteiger partial charge >= 0.3 is 0 Å². The SMILES string of the molecule is CC(C)(C)Cc1cccc(N2CCC(O)C2)c1. The zero-order valence-electron chi connectivity index (χ0n) is 11.1. The van der Waals surface area contributed by atoms with Crippen molar-refractivity contribution in [2.24, 2.45) is 5.41 Å². The molecule has 94 valence electrons. The highest BCUT2D eigenvalue weighted by Gasteiger charge is 2.20.